The van der Waals surface area contributed by atoms with Crippen molar-refractivity contribution in [2.45, 2.75) is 6.61 Å². The molecule has 0 unspecified atom stereocenters. The van der Waals surface area contributed by atoms with E-state index in [1.165, 1.54) is 19.4 Å². The van der Waals surface area contributed by atoms with Crippen LogP contribution < -0.4 is 14.9 Å². The normalized spacial score (nSPS) is 10.6. The topological polar surface area (TPSA) is 80.2 Å². The predicted octanol–water partition coefficient (Wildman–Crippen LogP) is 3.74. The first-order valence-electron chi connectivity index (χ1n) is 8.63. The Hall–Kier alpha value is -3.80. The van der Waals surface area contributed by atoms with Gasteiger partial charge in [0.05, 0.1) is 18.9 Å². The highest BCUT2D eigenvalue weighted by molar-refractivity contribution is 5.97. The van der Waals surface area contributed by atoms with Gasteiger partial charge in [0, 0.05) is 5.56 Å². The monoisotopic (exact) mass is 376 g/mol. The average molecular weight is 376 g/mol. The van der Waals surface area contributed by atoms with Gasteiger partial charge < -0.3 is 14.6 Å². The van der Waals surface area contributed by atoms with E-state index in [9.17, 15) is 9.90 Å². The highest BCUT2D eigenvalue weighted by Gasteiger charge is 2.11. The summed E-state index contributed by atoms with van der Waals surface area (Å²) in [6.07, 6.45) is 1.35. The standard InChI is InChI=1S/C22H20N2O4/c1-27-18-11-12-20(25)17(13-18)14-23-24-22(26)19-9-5-6-10-21(19)28-15-16-7-3-2-4-8-16/h2-14,25H,15H2,1H3,(H,24,26). The molecule has 0 aliphatic heterocycles. The first-order valence-corrected chi connectivity index (χ1v) is 8.63. The van der Waals surface area contributed by atoms with Crippen molar-refractivity contribution in [2.24, 2.45) is 5.10 Å². The quantitative estimate of drug-likeness (QED) is 0.486. The molecule has 0 fully saturated rings. The van der Waals surface area contributed by atoms with Crippen molar-refractivity contribution in [3.8, 4) is 17.2 Å². The molecule has 3 rings (SSSR count). The van der Waals surface area contributed by atoms with E-state index in [0.29, 0.717) is 29.2 Å². The van der Waals surface area contributed by atoms with Crippen LogP contribution >= 0.6 is 0 Å². The molecular weight excluding hydrogens is 356 g/mol. The summed E-state index contributed by atoms with van der Waals surface area (Å²) in [6, 6.07) is 21.4. The molecule has 0 bridgehead atoms. The Balaban J connectivity index is 1.68. The van der Waals surface area contributed by atoms with Gasteiger partial charge in [-0.2, -0.15) is 5.10 Å². The van der Waals surface area contributed by atoms with Crippen molar-refractivity contribution in [3.63, 3.8) is 0 Å². The summed E-state index contributed by atoms with van der Waals surface area (Å²) < 4.78 is 10.9. The summed E-state index contributed by atoms with van der Waals surface area (Å²) in [5, 5.41) is 13.8. The second-order valence-electron chi connectivity index (χ2n) is 5.89. The fourth-order valence-corrected chi connectivity index (χ4v) is 2.50. The van der Waals surface area contributed by atoms with E-state index in [1.807, 2.05) is 30.3 Å². The molecule has 1 amide bonds. The second-order valence-corrected chi connectivity index (χ2v) is 5.89. The zero-order chi connectivity index (χ0) is 19.8. The lowest BCUT2D eigenvalue weighted by Gasteiger charge is -2.10. The molecule has 6 nitrogen and oxygen atoms in total. The van der Waals surface area contributed by atoms with E-state index in [-0.39, 0.29) is 5.75 Å². The Morgan fingerprint density at radius 2 is 1.82 bits per heavy atom. The number of amides is 1. The molecule has 0 heterocycles. The molecule has 0 saturated carbocycles. The number of hydrogen-bond donors (Lipinski definition) is 2. The van der Waals surface area contributed by atoms with Gasteiger partial charge in [0.2, 0.25) is 0 Å². The Labute approximate surface area is 163 Å². The van der Waals surface area contributed by atoms with Gasteiger partial charge in [-0.25, -0.2) is 5.43 Å². The third-order valence-electron chi connectivity index (χ3n) is 3.97. The van der Waals surface area contributed by atoms with Crippen LogP contribution in [0.4, 0.5) is 0 Å². The van der Waals surface area contributed by atoms with Gasteiger partial charge in [0.15, 0.2) is 0 Å². The van der Waals surface area contributed by atoms with E-state index in [2.05, 4.69) is 10.5 Å². The van der Waals surface area contributed by atoms with Crippen LogP contribution in [-0.2, 0) is 6.61 Å². The van der Waals surface area contributed by atoms with Crippen molar-refractivity contribution >= 4 is 12.1 Å². The number of aromatic hydroxyl groups is 1. The number of hydrogen-bond acceptors (Lipinski definition) is 5. The number of para-hydroxylation sites is 1. The Morgan fingerprint density at radius 1 is 1.07 bits per heavy atom. The largest absolute Gasteiger partial charge is 0.507 e. The molecule has 0 aliphatic carbocycles. The van der Waals surface area contributed by atoms with Crippen LogP contribution in [0.3, 0.4) is 0 Å². The maximum absolute atomic E-state index is 12.5. The predicted molar refractivity (Wildman–Crippen MR) is 107 cm³/mol. The molecule has 3 aromatic carbocycles. The van der Waals surface area contributed by atoms with Crippen molar-refractivity contribution in [1.29, 1.82) is 0 Å². The summed E-state index contributed by atoms with van der Waals surface area (Å²) in [7, 11) is 1.53. The van der Waals surface area contributed by atoms with Crippen LogP contribution in [-0.4, -0.2) is 24.3 Å². The Bertz CT molecular complexity index is 971. The summed E-state index contributed by atoms with van der Waals surface area (Å²) in [5.74, 6) is 0.654. The van der Waals surface area contributed by atoms with Gasteiger partial charge in [0.25, 0.3) is 5.91 Å². The van der Waals surface area contributed by atoms with Crippen molar-refractivity contribution in [1.82, 2.24) is 5.43 Å². The van der Waals surface area contributed by atoms with E-state index < -0.39 is 5.91 Å². The van der Waals surface area contributed by atoms with Crippen molar-refractivity contribution in [3.05, 3.63) is 89.5 Å². The van der Waals surface area contributed by atoms with Gasteiger partial charge in [-0.1, -0.05) is 42.5 Å². The molecule has 0 spiro atoms. The van der Waals surface area contributed by atoms with Crippen LogP contribution in [0.15, 0.2) is 77.9 Å². The highest BCUT2D eigenvalue weighted by Crippen LogP contribution is 2.21. The van der Waals surface area contributed by atoms with Crippen LogP contribution in [0, 0.1) is 0 Å². The molecule has 0 aromatic heterocycles. The van der Waals surface area contributed by atoms with Crippen molar-refractivity contribution < 1.29 is 19.4 Å². The minimum absolute atomic E-state index is 0.0328. The lowest BCUT2D eigenvalue weighted by Crippen LogP contribution is -2.18. The third kappa shape index (κ3) is 4.88. The number of benzene rings is 3. The fourth-order valence-electron chi connectivity index (χ4n) is 2.50. The number of carbonyl (C=O) groups is 1. The van der Waals surface area contributed by atoms with E-state index in [1.54, 1.807) is 36.4 Å². The lowest BCUT2D eigenvalue weighted by atomic mass is 10.2. The van der Waals surface area contributed by atoms with Crippen LogP contribution in [0.5, 0.6) is 17.2 Å². The highest BCUT2D eigenvalue weighted by atomic mass is 16.5. The zero-order valence-electron chi connectivity index (χ0n) is 15.3. The molecule has 3 aromatic rings. The first-order chi connectivity index (χ1) is 13.7. The van der Waals surface area contributed by atoms with Gasteiger partial charge in [-0.05, 0) is 35.9 Å². The second kappa shape index (κ2) is 9.23. The van der Waals surface area contributed by atoms with E-state index in [4.69, 9.17) is 9.47 Å². The van der Waals surface area contributed by atoms with Gasteiger partial charge >= 0.3 is 0 Å². The Kier molecular flexibility index (Phi) is 6.25. The third-order valence-corrected chi connectivity index (χ3v) is 3.97. The average Bonchev–Trinajstić information content (AvgIpc) is 2.74. The minimum Gasteiger partial charge on any atom is -0.507 e. The first kappa shape index (κ1) is 19.0. The van der Waals surface area contributed by atoms with Crippen molar-refractivity contribution in [2.75, 3.05) is 7.11 Å². The van der Waals surface area contributed by atoms with Gasteiger partial charge in [-0.3, -0.25) is 4.79 Å². The molecule has 6 heteroatoms. The maximum Gasteiger partial charge on any atom is 0.275 e. The maximum atomic E-state index is 12.5. The SMILES string of the molecule is COc1ccc(O)c(C=NNC(=O)c2ccccc2OCc2ccccc2)c1. The fraction of sp³-hybridized carbons (Fsp3) is 0.0909. The number of nitrogens with zero attached hydrogens (tertiary/aromatic N) is 1. The number of ether oxygens (including phenoxy) is 2. The summed E-state index contributed by atoms with van der Waals surface area (Å²) in [4.78, 5) is 12.5. The molecule has 0 atom stereocenters. The van der Waals surface area contributed by atoms with E-state index in [0.717, 1.165) is 5.56 Å². The molecule has 28 heavy (non-hydrogen) atoms. The van der Waals surface area contributed by atoms with E-state index >= 15 is 0 Å². The number of carbonyl (C=O) groups excluding carboxylic acids is 1. The Morgan fingerprint density at radius 3 is 2.61 bits per heavy atom. The molecule has 0 aliphatic rings. The smallest absolute Gasteiger partial charge is 0.275 e. The van der Waals surface area contributed by atoms with Crippen LogP contribution in [0.25, 0.3) is 0 Å². The number of phenols is 1. The summed E-state index contributed by atoms with van der Waals surface area (Å²) >= 11 is 0. The number of phenolic OH excluding ortho intramolecular Hbond substituents is 1. The molecule has 2 N–H and O–H groups in total. The summed E-state index contributed by atoms with van der Waals surface area (Å²) in [5.41, 5.74) is 4.24. The van der Waals surface area contributed by atoms with Gasteiger partial charge in [0.1, 0.15) is 23.9 Å². The molecule has 0 radical (unpaired) electrons. The number of hydrazone groups is 1. The lowest BCUT2D eigenvalue weighted by molar-refractivity contribution is 0.0950. The van der Waals surface area contributed by atoms with Crippen LogP contribution in [0.2, 0.25) is 0 Å². The minimum atomic E-state index is -0.415. The summed E-state index contributed by atoms with van der Waals surface area (Å²) in [6.45, 7) is 0.353. The number of nitrogens with one attached hydrogen (secondary N) is 1. The number of rotatable bonds is 7. The molecule has 142 valence electrons. The molecule has 0 saturated heterocycles. The zero-order valence-corrected chi connectivity index (χ0v) is 15.3. The van der Waals surface area contributed by atoms with Crippen LogP contribution in [0.1, 0.15) is 21.5 Å². The number of methoxy groups -OCH3 is 1. The molecular formula is C22H20N2O4. The van der Waals surface area contributed by atoms with Gasteiger partial charge in [-0.15, -0.1) is 0 Å².